The van der Waals surface area contributed by atoms with E-state index in [4.69, 9.17) is 0 Å². The molecule has 2 rings (SSSR count). The molecule has 0 atom stereocenters. The number of hydrogen-bond acceptors (Lipinski definition) is 2. The summed E-state index contributed by atoms with van der Waals surface area (Å²) in [6.07, 6.45) is 4.21. The van der Waals surface area contributed by atoms with E-state index >= 15 is 0 Å². The van der Waals surface area contributed by atoms with Crippen molar-refractivity contribution in [2.24, 2.45) is 0 Å². The van der Waals surface area contributed by atoms with Crippen LogP contribution < -0.4 is 0 Å². The van der Waals surface area contributed by atoms with E-state index < -0.39 is 0 Å². The summed E-state index contributed by atoms with van der Waals surface area (Å²) < 4.78 is 0. The van der Waals surface area contributed by atoms with Crippen LogP contribution in [0.25, 0.3) is 0 Å². The van der Waals surface area contributed by atoms with Crippen LogP contribution in [0.15, 0.2) is 12.1 Å². The van der Waals surface area contributed by atoms with Crippen LogP contribution in [0, 0.1) is 0 Å². The first-order valence-corrected chi connectivity index (χ1v) is 4.80. The summed E-state index contributed by atoms with van der Waals surface area (Å²) in [6, 6.07) is 4.09. The first-order chi connectivity index (χ1) is 6.35. The van der Waals surface area contributed by atoms with Crippen molar-refractivity contribution >= 4 is 6.29 Å². The Balaban J connectivity index is 2.39. The molecule has 0 radical (unpaired) electrons. The second kappa shape index (κ2) is 3.29. The molecule has 2 heteroatoms. The van der Waals surface area contributed by atoms with Gasteiger partial charge >= 0.3 is 0 Å². The lowest BCUT2D eigenvalue weighted by Crippen LogP contribution is -1.98. The van der Waals surface area contributed by atoms with Crippen LogP contribution in [-0.4, -0.2) is 11.3 Å². The highest BCUT2D eigenvalue weighted by molar-refractivity contribution is 5.75. The highest BCUT2D eigenvalue weighted by Crippen LogP contribution is 2.40. The summed E-state index contributed by atoms with van der Waals surface area (Å²) in [7, 11) is 0. The number of nitrogens with zero attached hydrogens (tertiary/aromatic N) is 1. The largest absolute Gasteiger partial charge is 0.296 e. The van der Waals surface area contributed by atoms with Gasteiger partial charge in [-0.05, 0) is 36.8 Å². The van der Waals surface area contributed by atoms with Gasteiger partial charge in [-0.3, -0.25) is 4.79 Å². The number of aromatic nitrogens is 1. The normalized spacial score (nSPS) is 15.8. The van der Waals surface area contributed by atoms with Gasteiger partial charge in [-0.25, -0.2) is 4.98 Å². The van der Waals surface area contributed by atoms with Crippen LogP contribution in [-0.2, 0) is 6.42 Å². The van der Waals surface area contributed by atoms with Crippen molar-refractivity contribution in [3.8, 4) is 0 Å². The van der Waals surface area contributed by atoms with E-state index in [0.717, 1.165) is 24.0 Å². The van der Waals surface area contributed by atoms with Gasteiger partial charge in [0.25, 0.3) is 0 Å². The average molecular weight is 175 g/mol. The van der Waals surface area contributed by atoms with E-state index in [1.54, 1.807) is 0 Å². The monoisotopic (exact) mass is 175 g/mol. The Hall–Kier alpha value is -1.18. The molecule has 0 aromatic carbocycles. The van der Waals surface area contributed by atoms with E-state index in [0.29, 0.717) is 11.6 Å². The molecule has 0 spiro atoms. The van der Waals surface area contributed by atoms with Crippen molar-refractivity contribution in [2.45, 2.75) is 32.1 Å². The maximum atomic E-state index is 10.8. The maximum absolute atomic E-state index is 10.8. The average Bonchev–Trinajstić information content (AvgIpc) is 3.00. The van der Waals surface area contributed by atoms with Crippen molar-refractivity contribution in [2.75, 3.05) is 0 Å². The molecule has 1 heterocycles. The molecule has 1 aromatic heterocycles. The molecule has 2 nitrogen and oxygen atoms in total. The fourth-order valence-electron chi connectivity index (χ4n) is 1.56. The molecule has 0 unspecified atom stereocenters. The van der Waals surface area contributed by atoms with Gasteiger partial charge in [0.05, 0.1) is 0 Å². The maximum Gasteiger partial charge on any atom is 0.168 e. The van der Waals surface area contributed by atoms with Crippen LogP contribution in [0.2, 0.25) is 0 Å². The Labute approximate surface area is 78.0 Å². The Morgan fingerprint density at radius 1 is 1.54 bits per heavy atom. The molecular formula is C11H13NO. The van der Waals surface area contributed by atoms with Crippen LogP contribution in [0.4, 0.5) is 0 Å². The Morgan fingerprint density at radius 2 is 2.31 bits per heavy atom. The minimum Gasteiger partial charge on any atom is -0.296 e. The lowest BCUT2D eigenvalue weighted by molar-refractivity contribution is 0.111. The third-order valence-electron chi connectivity index (χ3n) is 2.51. The van der Waals surface area contributed by atoms with Gasteiger partial charge in [0.15, 0.2) is 6.29 Å². The van der Waals surface area contributed by atoms with Crippen molar-refractivity contribution in [1.29, 1.82) is 0 Å². The van der Waals surface area contributed by atoms with Gasteiger partial charge in [-0.1, -0.05) is 13.0 Å². The van der Waals surface area contributed by atoms with E-state index in [9.17, 15) is 4.79 Å². The van der Waals surface area contributed by atoms with Gasteiger partial charge in [-0.2, -0.15) is 0 Å². The summed E-state index contributed by atoms with van der Waals surface area (Å²) in [4.78, 5) is 15.1. The first kappa shape index (κ1) is 8.42. The fourth-order valence-corrected chi connectivity index (χ4v) is 1.56. The smallest absolute Gasteiger partial charge is 0.168 e. The van der Waals surface area contributed by atoms with Crippen LogP contribution in [0.3, 0.4) is 0 Å². The summed E-state index contributed by atoms with van der Waals surface area (Å²) in [5.74, 6) is 0.610. The highest BCUT2D eigenvalue weighted by Gasteiger charge is 2.26. The zero-order chi connectivity index (χ0) is 9.26. The lowest BCUT2D eigenvalue weighted by atomic mass is 10.1. The predicted octanol–water partition coefficient (Wildman–Crippen LogP) is 2.33. The van der Waals surface area contributed by atoms with E-state index in [-0.39, 0.29) is 0 Å². The molecule has 1 aliphatic rings. The number of aldehydes is 1. The number of carbonyl (C=O) groups is 1. The molecule has 68 valence electrons. The molecule has 0 aliphatic heterocycles. The molecule has 1 aromatic rings. The zero-order valence-corrected chi connectivity index (χ0v) is 7.79. The Morgan fingerprint density at radius 3 is 2.85 bits per heavy atom. The van der Waals surface area contributed by atoms with E-state index in [1.165, 1.54) is 12.8 Å². The second-order valence-electron chi connectivity index (χ2n) is 3.52. The molecule has 0 amide bonds. The predicted molar refractivity (Wildman–Crippen MR) is 51.0 cm³/mol. The molecular weight excluding hydrogens is 162 g/mol. The van der Waals surface area contributed by atoms with Gasteiger partial charge in [-0.15, -0.1) is 0 Å². The molecule has 1 fully saturated rings. The standard InChI is InChI=1S/C11H13NO/c1-2-9-5-6-10(8-3-4-8)11(7-13)12-9/h5-8H,2-4H2,1H3. The van der Waals surface area contributed by atoms with Crippen molar-refractivity contribution in [3.05, 3.63) is 29.1 Å². The number of carbonyl (C=O) groups excluding carboxylic acids is 1. The van der Waals surface area contributed by atoms with Gasteiger partial charge in [0, 0.05) is 5.69 Å². The van der Waals surface area contributed by atoms with Gasteiger partial charge < -0.3 is 0 Å². The quantitative estimate of drug-likeness (QED) is 0.660. The van der Waals surface area contributed by atoms with Crippen LogP contribution in [0.5, 0.6) is 0 Å². The second-order valence-corrected chi connectivity index (χ2v) is 3.52. The minimum absolute atomic E-state index is 0.610. The van der Waals surface area contributed by atoms with E-state index in [2.05, 4.69) is 11.1 Å². The lowest BCUT2D eigenvalue weighted by Gasteiger charge is -2.03. The Kier molecular flexibility index (Phi) is 2.13. The molecule has 0 N–H and O–H groups in total. The summed E-state index contributed by atoms with van der Waals surface area (Å²) >= 11 is 0. The third kappa shape index (κ3) is 1.62. The topological polar surface area (TPSA) is 30.0 Å². The number of pyridine rings is 1. The molecule has 1 aliphatic carbocycles. The van der Waals surface area contributed by atoms with Gasteiger partial charge in [0.1, 0.15) is 5.69 Å². The minimum atomic E-state index is 0.610. The molecule has 13 heavy (non-hydrogen) atoms. The molecule has 0 saturated heterocycles. The number of rotatable bonds is 3. The molecule has 0 bridgehead atoms. The third-order valence-corrected chi connectivity index (χ3v) is 2.51. The van der Waals surface area contributed by atoms with Crippen LogP contribution >= 0.6 is 0 Å². The van der Waals surface area contributed by atoms with Crippen molar-refractivity contribution in [1.82, 2.24) is 4.98 Å². The molecule has 1 saturated carbocycles. The summed E-state index contributed by atoms with van der Waals surface area (Å²) in [5.41, 5.74) is 2.81. The van der Waals surface area contributed by atoms with Crippen molar-refractivity contribution < 1.29 is 4.79 Å². The number of aryl methyl sites for hydroxylation is 1. The van der Waals surface area contributed by atoms with Crippen LogP contribution in [0.1, 0.15) is 47.4 Å². The first-order valence-electron chi connectivity index (χ1n) is 4.80. The fraction of sp³-hybridized carbons (Fsp3) is 0.455. The van der Waals surface area contributed by atoms with Crippen molar-refractivity contribution in [3.63, 3.8) is 0 Å². The number of hydrogen-bond donors (Lipinski definition) is 0. The van der Waals surface area contributed by atoms with E-state index in [1.807, 2.05) is 13.0 Å². The summed E-state index contributed by atoms with van der Waals surface area (Å²) in [6.45, 7) is 2.05. The zero-order valence-electron chi connectivity index (χ0n) is 7.79. The van der Waals surface area contributed by atoms with Gasteiger partial charge in [0.2, 0.25) is 0 Å². The summed E-state index contributed by atoms with van der Waals surface area (Å²) in [5, 5.41) is 0. The SMILES string of the molecule is CCc1ccc(C2CC2)c(C=O)n1. The highest BCUT2D eigenvalue weighted by atomic mass is 16.1. The Bertz CT molecular complexity index is 329.